The van der Waals surface area contributed by atoms with E-state index in [1.807, 2.05) is 27.7 Å². The molecule has 1 aromatic rings. The van der Waals surface area contributed by atoms with Gasteiger partial charge in [0.05, 0.1) is 10.6 Å². The van der Waals surface area contributed by atoms with E-state index >= 15 is 0 Å². The molecule has 0 fully saturated rings. The number of sulfone groups is 1. The zero-order valence-corrected chi connectivity index (χ0v) is 16.7. The van der Waals surface area contributed by atoms with Gasteiger partial charge in [-0.1, -0.05) is 13.8 Å². The molecule has 0 unspecified atom stereocenters. The monoisotopic (exact) mass is 380 g/mol. The average Bonchev–Trinajstić information content (AvgIpc) is 2.94. The van der Waals surface area contributed by atoms with E-state index in [-0.39, 0.29) is 41.0 Å². The molecule has 144 valence electrons. The van der Waals surface area contributed by atoms with Gasteiger partial charge in [0.1, 0.15) is 0 Å². The van der Waals surface area contributed by atoms with Crippen molar-refractivity contribution in [1.82, 2.24) is 5.32 Å². The van der Waals surface area contributed by atoms with Crippen LogP contribution >= 0.6 is 0 Å². The van der Waals surface area contributed by atoms with Crippen LogP contribution in [0.5, 0.6) is 0 Å². The van der Waals surface area contributed by atoms with E-state index in [1.165, 1.54) is 6.07 Å². The molecular formula is C19H28N2O4S. The maximum Gasteiger partial charge on any atom is 0.226 e. The third kappa shape index (κ3) is 4.44. The summed E-state index contributed by atoms with van der Waals surface area (Å²) in [5, 5.41) is 2.78. The van der Waals surface area contributed by atoms with Gasteiger partial charge in [0.25, 0.3) is 0 Å². The molecule has 1 aromatic carbocycles. The number of carbonyl (C=O) groups excluding carboxylic acids is 2. The molecule has 26 heavy (non-hydrogen) atoms. The van der Waals surface area contributed by atoms with Crippen molar-refractivity contribution in [3.8, 4) is 0 Å². The van der Waals surface area contributed by atoms with Gasteiger partial charge in [-0.3, -0.25) is 9.59 Å². The van der Waals surface area contributed by atoms with Gasteiger partial charge < -0.3 is 10.2 Å². The Bertz CT molecular complexity index is 789. The molecule has 2 atom stereocenters. The van der Waals surface area contributed by atoms with Crippen molar-refractivity contribution in [2.75, 3.05) is 10.7 Å². The highest BCUT2D eigenvalue weighted by Gasteiger charge is 2.31. The molecule has 0 spiro atoms. The summed E-state index contributed by atoms with van der Waals surface area (Å²) >= 11 is 0. The lowest BCUT2D eigenvalue weighted by Gasteiger charge is -2.22. The van der Waals surface area contributed by atoms with E-state index in [4.69, 9.17) is 0 Å². The number of nitrogens with zero attached hydrogens (tertiary/aromatic N) is 1. The Balaban J connectivity index is 2.14. The number of amides is 2. The summed E-state index contributed by atoms with van der Waals surface area (Å²) in [4.78, 5) is 25.9. The van der Waals surface area contributed by atoms with E-state index in [1.54, 1.807) is 17.0 Å². The minimum atomic E-state index is -3.54. The average molecular weight is 381 g/mol. The summed E-state index contributed by atoms with van der Waals surface area (Å²) in [5.74, 6) is -0.438. The lowest BCUT2D eigenvalue weighted by atomic mass is 10.1. The third-order valence-electron chi connectivity index (χ3n) is 4.81. The van der Waals surface area contributed by atoms with Crippen LogP contribution in [-0.2, 0) is 25.8 Å². The van der Waals surface area contributed by atoms with E-state index in [0.717, 1.165) is 17.7 Å². The number of benzene rings is 1. The Morgan fingerprint density at radius 3 is 2.62 bits per heavy atom. The quantitative estimate of drug-likeness (QED) is 0.787. The molecule has 0 aromatic heterocycles. The smallest absolute Gasteiger partial charge is 0.226 e. The highest BCUT2D eigenvalue weighted by atomic mass is 32.2. The fraction of sp³-hybridized carbons (Fsp3) is 0.579. The molecule has 2 rings (SSSR count). The number of nitrogens with one attached hydrogen (secondary N) is 1. The van der Waals surface area contributed by atoms with Crippen LogP contribution in [0.3, 0.4) is 0 Å². The van der Waals surface area contributed by atoms with Crippen LogP contribution in [0.15, 0.2) is 23.1 Å². The standard InChI is InChI=1S/C19H28N2O4S/c1-5-13(3)20-18(22)9-10-26(24,25)16-7-8-17-15(12-16)11-14(4)21(17)19(23)6-2/h7-8,12-14H,5-6,9-11H2,1-4H3,(H,20,22)/t13-,14-/m1/s1. The normalized spacial score (nSPS) is 17.7. The molecule has 0 aliphatic carbocycles. The van der Waals surface area contributed by atoms with Crippen molar-refractivity contribution < 1.29 is 18.0 Å². The first-order valence-corrected chi connectivity index (χ1v) is 10.8. The van der Waals surface area contributed by atoms with E-state index in [9.17, 15) is 18.0 Å². The zero-order valence-electron chi connectivity index (χ0n) is 15.9. The molecule has 1 N–H and O–H groups in total. The summed E-state index contributed by atoms with van der Waals surface area (Å²) in [6, 6.07) is 4.95. The lowest BCUT2D eigenvalue weighted by molar-refractivity contribution is -0.121. The van der Waals surface area contributed by atoms with Crippen LogP contribution in [0.1, 0.15) is 52.5 Å². The highest BCUT2D eigenvalue weighted by molar-refractivity contribution is 7.91. The number of fused-ring (bicyclic) bond motifs is 1. The second kappa shape index (κ2) is 8.20. The molecule has 0 saturated carbocycles. The molecule has 0 bridgehead atoms. The number of hydrogen-bond donors (Lipinski definition) is 1. The van der Waals surface area contributed by atoms with E-state index in [0.29, 0.717) is 12.8 Å². The van der Waals surface area contributed by atoms with Gasteiger partial charge in [0.15, 0.2) is 9.84 Å². The molecule has 1 heterocycles. The Labute approximate surface area is 155 Å². The van der Waals surface area contributed by atoms with Gasteiger partial charge in [-0.15, -0.1) is 0 Å². The van der Waals surface area contributed by atoms with Gasteiger partial charge in [-0.25, -0.2) is 8.42 Å². The Morgan fingerprint density at radius 2 is 2.00 bits per heavy atom. The zero-order chi connectivity index (χ0) is 19.5. The Kier molecular flexibility index (Phi) is 6.44. The first-order valence-electron chi connectivity index (χ1n) is 9.16. The fourth-order valence-electron chi connectivity index (χ4n) is 3.15. The van der Waals surface area contributed by atoms with Crippen molar-refractivity contribution in [2.45, 2.75) is 70.4 Å². The van der Waals surface area contributed by atoms with Crippen LogP contribution in [-0.4, -0.2) is 38.1 Å². The predicted molar refractivity (Wildman–Crippen MR) is 102 cm³/mol. The molecule has 1 aliphatic rings. The molecule has 2 amide bonds. The molecule has 1 aliphatic heterocycles. The predicted octanol–water partition coefficient (Wildman–Crippen LogP) is 2.45. The summed E-state index contributed by atoms with van der Waals surface area (Å²) < 4.78 is 25.2. The van der Waals surface area contributed by atoms with Gasteiger partial charge in [-0.2, -0.15) is 0 Å². The van der Waals surface area contributed by atoms with Crippen molar-refractivity contribution in [3.63, 3.8) is 0 Å². The first kappa shape index (κ1) is 20.4. The number of hydrogen-bond acceptors (Lipinski definition) is 4. The number of rotatable bonds is 7. The lowest BCUT2D eigenvalue weighted by Crippen LogP contribution is -2.35. The van der Waals surface area contributed by atoms with Gasteiger partial charge in [-0.05, 0) is 50.5 Å². The number of carbonyl (C=O) groups is 2. The van der Waals surface area contributed by atoms with Crippen LogP contribution in [0.25, 0.3) is 0 Å². The third-order valence-corrected chi connectivity index (χ3v) is 6.53. The van der Waals surface area contributed by atoms with Crippen molar-refractivity contribution in [1.29, 1.82) is 0 Å². The largest absolute Gasteiger partial charge is 0.354 e. The number of anilines is 1. The van der Waals surface area contributed by atoms with Crippen molar-refractivity contribution >= 4 is 27.3 Å². The second-order valence-corrected chi connectivity index (χ2v) is 9.02. The van der Waals surface area contributed by atoms with Crippen LogP contribution in [0.2, 0.25) is 0 Å². The molecule has 0 radical (unpaired) electrons. The summed E-state index contributed by atoms with van der Waals surface area (Å²) in [7, 11) is -3.54. The van der Waals surface area contributed by atoms with Gasteiger partial charge in [0, 0.05) is 30.6 Å². The summed E-state index contributed by atoms with van der Waals surface area (Å²) in [6.45, 7) is 7.62. The van der Waals surface area contributed by atoms with Crippen LogP contribution in [0.4, 0.5) is 5.69 Å². The fourth-order valence-corrected chi connectivity index (χ4v) is 4.43. The Morgan fingerprint density at radius 1 is 1.31 bits per heavy atom. The second-order valence-electron chi connectivity index (χ2n) is 6.91. The van der Waals surface area contributed by atoms with Crippen molar-refractivity contribution in [2.24, 2.45) is 0 Å². The van der Waals surface area contributed by atoms with Crippen molar-refractivity contribution in [3.05, 3.63) is 23.8 Å². The van der Waals surface area contributed by atoms with E-state index in [2.05, 4.69) is 5.32 Å². The van der Waals surface area contributed by atoms with Gasteiger partial charge in [0.2, 0.25) is 11.8 Å². The minimum absolute atomic E-state index is 0.0247. The summed E-state index contributed by atoms with van der Waals surface area (Å²) in [6.07, 6.45) is 1.79. The van der Waals surface area contributed by atoms with E-state index < -0.39 is 9.84 Å². The SMILES string of the molecule is CCC(=O)N1c2ccc(S(=O)(=O)CCC(=O)N[C@H](C)CC)cc2C[C@H]1C. The molecule has 0 saturated heterocycles. The molecule has 7 heteroatoms. The topological polar surface area (TPSA) is 83.6 Å². The first-order chi connectivity index (χ1) is 12.2. The Hall–Kier alpha value is -1.89. The summed E-state index contributed by atoms with van der Waals surface area (Å²) in [5.41, 5.74) is 1.65. The minimum Gasteiger partial charge on any atom is -0.354 e. The maximum atomic E-state index is 12.6. The highest BCUT2D eigenvalue weighted by Crippen LogP contribution is 2.34. The maximum absolute atomic E-state index is 12.6. The van der Waals surface area contributed by atoms with Crippen LogP contribution < -0.4 is 10.2 Å². The molecular weight excluding hydrogens is 352 g/mol. The van der Waals surface area contributed by atoms with Crippen LogP contribution in [0, 0.1) is 0 Å². The van der Waals surface area contributed by atoms with Gasteiger partial charge >= 0.3 is 0 Å². The molecule has 6 nitrogen and oxygen atoms in total.